The van der Waals surface area contributed by atoms with E-state index in [0.29, 0.717) is 28.1 Å². The van der Waals surface area contributed by atoms with E-state index in [1.807, 2.05) is 18.2 Å². The van der Waals surface area contributed by atoms with Gasteiger partial charge >= 0.3 is 5.97 Å². The number of methoxy groups -OCH3 is 1. The first-order valence-corrected chi connectivity index (χ1v) is 9.45. The highest BCUT2D eigenvalue weighted by molar-refractivity contribution is 6.07. The standard InChI is InChI=1S/C22H26N2O4/c1-13-18(14(2)23(4)19(13)22(27)28-5)20(25)15(3)24(17-11-12-17)21(26)16-9-7-6-8-10-16/h6-10,15,17H,11-12H2,1-5H3/t15-/m1/s1. The van der Waals surface area contributed by atoms with Gasteiger partial charge in [-0.25, -0.2) is 4.79 Å². The van der Waals surface area contributed by atoms with Gasteiger partial charge in [0.15, 0.2) is 5.78 Å². The lowest BCUT2D eigenvalue weighted by Gasteiger charge is -2.29. The van der Waals surface area contributed by atoms with E-state index in [1.54, 1.807) is 49.4 Å². The molecule has 0 aliphatic heterocycles. The highest BCUT2D eigenvalue weighted by atomic mass is 16.5. The summed E-state index contributed by atoms with van der Waals surface area (Å²) in [4.78, 5) is 40.3. The van der Waals surface area contributed by atoms with Gasteiger partial charge in [-0.3, -0.25) is 9.59 Å². The van der Waals surface area contributed by atoms with E-state index in [1.165, 1.54) is 7.11 Å². The van der Waals surface area contributed by atoms with Crippen LogP contribution < -0.4 is 0 Å². The van der Waals surface area contributed by atoms with E-state index < -0.39 is 12.0 Å². The minimum atomic E-state index is -0.620. The Labute approximate surface area is 165 Å². The van der Waals surface area contributed by atoms with Crippen LogP contribution in [0.5, 0.6) is 0 Å². The molecule has 1 aliphatic rings. The van der Waals surface area contributed by atoms with E-state index >= 15 is 0 Å². The minimum Gasteiger partial charge on any atom is -0.464 e. The number of benzene rings is 1. The molecule has 1 atom stereocenters. The largest absolute Gasteiger partial charge is 0.464 e. The lowest BCUT2D eigenvalue weighted by atomic mass is 9.99. The monoisotopic (exact) mass is 382 g/mol. The molecule has 3 rings (SSSR count). The van der Waals surface area contributed by atoms with Gasteiger partial charge in [0.2, 0.25) is 0 Å². The third-order valence-corrected chi connectivity index (χ3v) is 5.55. The van der Waals surface area contributed by atoms with Gasteiger partial charge in [0, 0.05) is 29.9 Å². The van der Waals surface area contributed by atoms with Gasteiger partial charge in [0.25, 0.3) is 5.91 Å². The Morgan fingerprint density at radius 3 is 2.29 bits per heavy atom. The summed E-state index contributed by atoms with van der Waals surface area (Å²) in [6.45, 7) is 5.32. The second-order valence-electron chi connectivity index (χ2n) is 7.33. The Balaban J connectivity index is 1.97. The molecule has 0 spiro atoms. The van der Waals surface area contributed by atoms with E-state index in [-0.39, 0.29) is 17.7 Å². The predicted molar refractivity (Wildman–Crippen MR) is 106 cm³/mol. The van der Waals surface area contributed by atoms with Crippen LogP contribution in [0.25, 0.3) is 0 Å². The quantitative estimate of drug-likeness (QED) is 0.568. The summed E-state index contributed by atoms with van der Waals surface area (Å²) < 4.78 is 6.54. The van der Waals surface area contributed by atoms with Crippen molar-refractivity contribution in [2.24, 2.45) is 7.05 Å². The van der Waals surface area contributed by atoms with Crippen LogP contribution in [0.15, 0.2) is 30.3 Å². The predicted octanol–water partition coefficient (Wildman–Crippen LogP) is 3.30. The smallest absolute Gasteiger partial charge is 0.354 e. The molecule has 0 radical (unpaired) electrons. The molecule has 1 amide bonds. The number of rotatable bonds is 6. The van der Waals surface area contributed by atoms with E-state index in [4.69, 9.17) is 4.74 Å². The van der Waals surface area contributed by atoms with Crippen LogP contribution in [0.1, 0.15) is 62.2 Å². The molecule has 6 heteroatoms. The lowest BCUT2D eigenvalue weighted by Crippen LogP contribution is -2.45. The molecule has 0 bridgehead atoms. The van der Waals surface area contributed by atoms with Gasteiger partial charge in [-0.2, -0.15) is 0 Å². The van der Waals surface area contributed by atoms with Crippen LogP contribution in [0.3, 0.4) is 0 Å². The number of ketones is 1. The van der Waals surface area contributed by atoms with Crippen molar-refractivity contribution < 1.29 is 19.1 Å². The summed E-state index contributed by atoms with van der Waals surface area (Å²) >= 11 is 0. The Hall–Kier alpha value is -2.89. The molecule has 1 saturated carbocycles. The normalized spacial score (nSPS) is 14.5. The third kappa shape index (κ3) is 3.35. The van der Waals surface area contributed by atoms with Crippen LogP contribution in [0.2, 0.25) is 0 Å². The summed E-state index contributed by atoms with van der Waals surface area (Å²) in [6, 6.07) is 8.49. The minimum absolute atomic E-state index is 0.0797. The highest BCUT2D eigenvalue weighted by Gasteiger charge is 2.40. The number of Topliss-reactive ketones (excluding diaryl/α,β-unsaturated/α-hetero) is 1. The SMILES string of the molecule is COC(=O)c1c(C)c(C(=O)[C@@H](C)N(C(=O)c2ccccc2)C2CC2)c(C)n1C. The Kier molecular flexibility index (Phi) is 5.40. The van der Waals surface area contributed by atoms with Gasteiger partial charge in [0.05, 0.1) is 13.2 Å². The number of aromatic nitrogens is 1. The number of ether oxygens (including phenoxy) is 1. The number of nitrogens with zero attached hydrogens (tertiary/aromatic N) is 2. The van der Waals surface area contributed by atoms with Crippen LogP contribution in [0, 0.1) is 13.8 Å². The Bertz CT molecular complexity index is 926. The van der Waals surface area contributed by atoms with E-state index in [9.17, 15) is 14.4 Å². The van der Waals surface area contributed by atoms with Crippen LogP contribution >= 0.6 is 0 Å². The first-order chi connectivity index (χ1) is 13.3. The zero-order valence-corrected chi connectivity index (χ0v) is 17.0. The van der Waals surface area contributed by atoms with E-state index in [2.05, 4.69) is 0 Å². The molecule has 0 saturated heterocycles. The molecular weight excluding hydrogens is 356 g/mol. The maximum Gasteiger partial charge on any atom is 0.354 e. The topological polar surface area (TPSA) is 68.6 Å². The molecule has 6 nitrogen and oxygen atoms in total. The zero-order valence-electron chi connectivity index (χ0n) is 17.0. The third-order valence-electron chi connectivity index (χ3n) is 5.55. The summed E-state index contributed by atoms with van der Waals surface area (Å²) in [6.07, 6.45) is 1.80. The van der Waals surface area contributed by atoms with Crippen molar-refractivity contribution >= 4 is 17.7 Å². The summed E-state index contributed by atoms with van der Waals surface area (Å²) in [5.74, 6) is -0.769. The average Bonchev–Trinajstić information content (AvgIpc) is 3.49. The van der Waals surface area contributed by atoms with Gasteiger partial charge in [-0.15, -0.1) is 0 Å². The van der Waals surface area contributed by atoms with Crippen molar-refractivity contribution in [2.45, 2.75) is 45.7 Å². The van der Waals surface area contributed by atoms with Crippen molar-refractivity contribution in [2.75, 3.05) is 7.11 Å². The highest BCUT2D eigenvalue weighted by Crippen LogP contribution is 2.32. The summed E-state index contributed by atoms with van der Waals surface area (Å²) in [7, 11) is 3.06. The Morgan fingerprint density at radius 2 is 1.75 bits per heavy atom. The van der Waals surface area contributed by atoms with Crippen molar-refractivity contribution in [1.29, 1.82) is 0 Å². The number of carbonyl (C=O) groups excluding carboxylic acids is 3. The van der Waals surface area contributed by atoms with E-state index in [0.717, 1.165) is 12.8 Å². The molecule has 1 heterocycles. The maximum absolute atomic E-state index is 13.4. The summed E-state index contributed by atoms with van der Waals surface area (Å²) in [5.41, 5.74) is 2.71. The van der Waals surface area contributed by atoms with Gasteiger partial charge in [-0.05, 0) is 51.3 Å². The first-order valence-electron chi connectivity index (χ1n) is 9.45. The van der Waals surface area contributed by atoms with Gasteiger partial charge < -0.3 is 14.2 Å². The molecule has 0 unspecified atom stereocenters. The molecule has 148 valence electrons. The molecule has 1 fully saturated rings. The fourth-order valence-corrected chi connectivity index (χ4v) is 3.80. The van der Waals surface area contributed by atoms with Crippen LogP contribution in [-0.2, 0) is 11.8 Å². The van der Waals surface area contributed by atoms with Crippen molar-refractivity contribution in [3.63, 3.8) is 0 Å². The molecule has 1 aromatic carbocycles. The van der Waals surface area contributed by atoms with Gasteiger partial charge in [0.1, 0.15) is 5.69 Å². The number of hydrogen-bond donors (Lipinski definition) is 0. The number of esters is 1. The number of hydrogen-bond acceptors (Lipinski definition) is 4. The second kappa shape index (κ2) is 7.62. The lowest BCUT2D eigenvalue weighted by molar-refractivity contribution is 0.0587. The maximum atomic E-state index is 13.4. The van der Waals surface area contributed by atoms with Gasteiger partial charge in [-0.1, -0.05) is 18.2 Å². The molecule has 2 aromatic rings. The molecular formula is C22H26N2O4. The second-order valence-corrected chi connectivity index (χ2v) is 7.33. The number of amides is 1. The summed E-state index contributed by atoms with van der Waals surface area (Å²) in [5, 5.41) is 0. The molecule has 28 heavy (non-hydrogen) atoms. The van der Waals surface area contributed by atoms with Crippen molar-refractivity contribution in [3.05, 3.63) is 58.4 Å². The van der Waals surface area contributed by atoms with Crippen molar-refractivity contribution in [3.8, 4) is 0 Å². The average molecular weight is 382 g/mol. The molecule has 1 aliphatic carbocycles. The molecule has 0 N–H and O–H groups in total. The van der Waals surface area contributed by atoms with Crippen molar-refractivity contribution in [1.82, 2.24) is 9.47 Å². The zero-order chi connectivity index (χ0) is 20.6. The first kappa shape index (κ1) is 19.9. The Morgan fingerprint density at radius 1 is 1.14 bits per heavy atom. The van der Waals surface area contributed by atoms with Crippen LogP contribution in [0.4, 0.5) is 0 Å². The fraction of sp³-hybridized carbons (Fsp3) is 0.409. The molecule has 1 aromatic heterocycles. The fourth-order valence-electron chi connectivity index (χ4n) is 3.80. The van der Waals surface area contributed by atoms with Crippen LogP contribution in [-0.4, -0.2) is 46.3 Å². The number of carbonyl (C=O) groups is 3.